The average Bonchev–Trinajstić information content (AvgIpc) is 3.16. The summed E-state index contributed by atoms with van der Waals surface area (Å²) in [5, 5.41) is 5.80. The van der Waals surface area contributed by atoms with Gasteiger partial charge in [-0.2, -0.15) is 0 Å². The Hall–Kier alpha value is -2.37. The average molecular weight is 388 g/mol. The van der Waals surface area contributed by atoms with Crippen LogP contribution in [0.5, 0.6) is 0 Å². The van der Waals surface area contributed by atoms with E-state index >= 15 is 0 Å². The van der Waals surface area contributed by atoms with E-state index in [0.717, 1.165) is 25.7 Å². The molecule has 1 fully saturated rings. The smallest absolute Gasteiger partial charge is 0.254 e. The third kappa shape index (κ3) is 6.36. The first-order valence-corrected chi connectivity index (χ1v) is 10.4. The van der Waals surface area contributed by atoms with Gasteiger partial charge in [0.1, 0.15) is 6.04 Å². The van der Waals surface area contributed by atoms with Gasteiger partial charge in [-0.05, 0) is 55.9 Å². The van der Waals surface area contributed by atoms with Gasteiger partial charge in [-0.15, -0.1) is 0 Å². The highest BCUT2D eigenvalue weighted by Crippen LogP contribution is 2.21. The van der Waals surface area contributed by atoms with Gasteiger partial charge >= 0.3 is 0 Å². The summed E-state index contributed by atoms with van der Waals surface area (Å²) in [7, 11) is 0. The fraction of sp³-hybridized carbons (Fsp3) is 0.591. The van der Waals surface area contributed by atoms with Gasteiger partial charge in [0.15, 0.2) is 0 Å². The third-order valence-electron chi connectivity index (χ3n) is 5.01. The van der Waals surface area contributed by atoms with Crippen LogP contribution in [0.2, 0.25) is 0 Å². The van der Waals surface area contributed by atoms with Crippen molar-refractivity contribution in [3.05, 3.63) is 29.8 Å². The molecule has 1 aromatic carbocycles. The Labute approximate surface area is 168 Å². The molecule has 28 heavy (non-hydrogen) atoms. The zero-order valence-electron chi connectivity index (χ0n) is 17.3. The van der Waals surface area contributed by atoms with Crippen LogP contribution in [-0.2, 0) is 9.59 Å². The minimum Gasteiger partial charge on any atom is -0.354 e. The van der Waals surface area contributed by atoms with Crippen LogP contribution in [0.1, 0.15) is 69.7 Å². The Morgan fingerprint density at radius 2 is 1.89 bits per heavy atom. The first-order chi connectivity index (χ1) is 13.4. The zero-order valence-corrected chi connectivity index (χ0v) is 17.3. The van der Waals surface area contributed by atoms with Gasteiger partial charge in [0, 0.05) is 30.8 Å². The maximum absolute atomic E-state index is 12.9. The summed E-state index contributed by atoms with van der Waals surface area (Å²) in [6.45, 7) is 7.52. The SMILES string of the molecule is CCCCC(=O)Nc1ccc(C(=O)N2CCCC2C(=O)NCCC(C)C)cc1. The Morgan fingerprint density at radius 3 is 2.54 bits per heavy atom. The molecule has 0 aliphatic carbocycles. The molecule has 0 spiro atoms. The van der Waals surface area contributed by atoms with E-state index in [9.17, 15) is 14.4 Å². The summed E-state index contributed by atoms with van der Waals surface area (Å²) in [5.41, 5.74) is 1.22. The van der Waals surface area contributed by atoms with Crippen LogP contribution < -0.4 is 10.6 Å². The Bertz CT molecular complexity index is 670. The molecule has 1 atom stereocenters. The number of nitrogens with one attached hydrogen (secondary N) is 2. The summed E-state index contributed by atoms with van der Waals surface area (Å²) in [4.78, 5) is 38.8. The van der Waals surface area contributed by atoms with Crippen molar-refractivity contribution in [2.24, 2.45) is 5.92 Å². The van der Waals surface area contributed by atoms with Crippen molar-refractivity contribution in [1.29, 1.82) is 0 Å². The number of amides is 3. The Balaban J connectivity index is 1.94. The molecule has 0 radical (unpaired) electrons. The van der Waals surface area contributed by atoms with Gasteiger partial charge < -0.3 is 15.5 Å². The number of anilines is 1. The maximum atomic E-state index is 12.9. The van der Waals surface area contributed by atoms with E-state index < -0.39 is 6.04 Å². The van der Waals surface area contributed by atoms with Crippen molar-refractivity contribution in [3.63, 3.8) is 0 Å². The third-order valence-corrected chi connectivity index (χ3v) is 5.01. The molecule has 0 bridgehead atoms. The topological polar surface area (TPSA) is 78.5 Å². The van der Waals surface area contributed by atoms with E-state index in [-0.39, 0.29) is 17.7 Å². The van der Waals surface area contributed by atoms with Gasteiger partial charge in [-0.25, -0.2) is 0 Å². The normalized spacial score (nSPS) is 16.3. The molecule has 2 rings (SSSR count). The molecule has 3 amide bonds. The summed E-state index contributed by atoms with van der Waals surface area (Å²) < 4.78 is 0. The lowest BCUT2D eigenvalue weighted by molar-refractivity contribution is -0.124. The summed E-state index contributed by atoms with van der Waals surface area (Å²) in [5.74, 6) is 0.317. The first-order valence-electron chi connectivity index (χ1n) is 10.4. The summed E-state index contributed by atoms with van der Waals surface area (Å²) >= 11 is 0. The number of hydrogen-bond donors (Lipinski definition) is 2. The molecule has 1 unspecified atom stereocenters. The molecule has 154 valence electrons. The molecule has 1 aromatic rings. The van der Waals surface area contributed by atoms with E-state index in [2.05, 4.69) is 24.5 Å². The second-order valence-electron chi connectivity index (χ2n) is 7.86. The molecule has 6 heteroatoms. The highest BCUT2D eigenvalue weighted by Gasteiger charge is 2.34. The number of carbonyl (C=O) groups is 3. The Morgan fingerprint density at radius 1 is 1.18 bits per heavy atom. The predicted molar refractivity (Wildman–Crippen MR) is 111 cm³/mol. The van der Waals surface area contributed by atoms with Gasteiger partial charge in [0.2, 0.25) is 11.8 Å². The van der Waals surface area contributed by atoms with E-state index in [1.165, 1.54) is 0 Å². The van der Waals surface area contributed by atoms with Crippen LogP contribution >= 0.6 is 0 Å². The lowest BCUT2D eigenvalue weighted by Crippen LogP contribution is -2.46. The van der Waals surface area contributed by atoms with E-state index in [1.807, 2.05) is 6.92 Å². The largest absolute Gasteiger partial charge is 0.354 e. The molecule has 2 N–H and O–H groups in total. The monoisotopic (exact) mass is 387 g/mol. The quantitative estimate of drug-likeness (QED) is 0.680. The lowest BCUT2D eigenvalue weighted by atomic mass is 10.1. The van der Waals surface area contributed by atoms with Crippen LogP contribution in [0.15, 0.2) is 24.3 Å². The van der Waals surface area contributed by atoms with Gasteiger partial charge in [0.05, 0.1) is 0 Å². The van der Waals surface area contributed by atoms with Crippen molar-refractivity contribution in [3.8, 4) is 0 Å². The fourth-order valence-corrected chi connectivity index (χ4v) is 3.31. The molecule has 6 nitrogen and oxygen atoms in total. The number of carbonyl (C=O) groups excluding carboxylic acids is 3. The number of likely N-dealkylation sites (tertiary alicyclic amines) is 1. The van der Waals surface area contributed by atoms with E-state index in [0.29, 0.717) is 43.1 Å². The number of unbranched alkanes of at least 4 members (excludes halogenated alkanes) is 1. The second kappa shape index (κ2) is 10.8. The number of nitrogens with zero attached hydrogens (tertiary/aromatic N) is 1. The van der Waals surface area contributed by atoms with Gasteiger partial charge in [-0.1, -0.05) is 27.2 Å². The molecule has 0 aromatic heterocycles. The van der Waals surface area contributed by atoms with E-state index in [1.54, 1.807) is 29.2 Å². The maximum Gasteiger partial charge on any atom is 0.254 e. The van der Waals surface area contributed by atoms with Crippen LogP contribution in [-0.4, -0.2) is 41.8 Å². The van der Waals surface area contributed by atoms with Crippen molar-refractivity contribution in [2.75, 3.05) is 18.4 Å². The van der Waals surface area contributed by atoms with Crippen LogP contribution in [0.4, 0.5) is 5.69 Å². The van der Waals surface area contributed by atoms with Crippen LogP contribution in [0.25, 0.3) is 0 Å². The molecule has 0 saturated carbocycles. The van der Waals surface area contributed by atoms with E-state index in [4.69, 9.17) is 0 Å². The number of benzene rings is 1. The minimum absolute atomic E-state index is 0.0152. The van der Waals surface area contributed by atoms with Crippen molar-refractivity contribution >= 4 is 23.4 Å². The number of rotatable bonds is 9. The highest BCUT2D eigenvalue weighted by molar-refractivity contribution is 5.98. The summed E-state index contributed by atoms with van der Waals surface area (Å²) in [6, 6.07) is 6.51. The standard InChI is InChI=1S/C22H33N3O3/c1-4-5-8-20(26)24-18-11-9-17(10-12-18)22(28)25-15-6-7-19(25)21(27)23-14-13-16(2)3/h9-12,16,19H,4-8,13-15H2,1-3H3,(H,23,27)(H,24,26). The minimum atomic E-state index is -0.395. The molecule has 1 saturated heterocycles. The van der Waals surface area contributed by atoms with Crippen molar-refractivity contribution in [2.45, 2.75) is 65.3 Å². The first kappa shape index (κ1) is 21.9. The van der Waals surface area contributed by atoms with Crippen molar-refractivity contribution < 1.29 is 14.4 Å². The van der Waals surface area contributed by atoms with Crippen LogP contribution in [0.3, 0.4) is 0 Å². The van der Waals surface area contributed by atoms with Gasteiger partial charge in [0.25, 0.3) is 5.91 Å². The Kier molecular flexibility index (Phi) is 8.48. The molecule has 1 aliphatic rings. The molecule has 1 aliphatic heterocycles. The van der Waals surface area contributed by atoms with Crippen LogP contribution in [0, 0.1) is 5.92 Å². The predicted octanol–water partition coefficient (Wildman–Crippen LogP) is 3.58. The molecular formula is C22H33N3O3. The lowest BCUT2D eigenvalue weighted by Gasteiger charge is -2.24. The number of hydrogen-bond acceptors (Lipinski definition) is 3. The van der Waals surface area contributed by atoms with Crippen molar-refractivity contribution in [1.82, 2.24) is 10.2 Å². The van der Waals surface area contributed by atoms with Gasteiger partial charge in [-0.3, -0.25) is 14.4 Å². The highest BCUT2D eigenvalue weighted by atomic mass is 16.2. The molecule has 1 heterocycles. The second-order valence-corrected chi connectivity index (χ2v) is 7.86. The fourth-order valence-electron chi connectivity index (χ4n) is 3.31. The summed E-state index contributed by atoms with van der Waals surface area (Å²) in [6.07, 6.45) is 4.79. The zero-order chi connectivity index (χ0) is 20.5. The molecular weight excluding hydrogens is 354 g/mol.